The van der Waals surface area contributed by atoms with E-state index in [0.29, 0.717) is 39.5 Å². The SMILES string of the molecule is COc1cc(/C=N\n2c(-c3ccco3)n[nH]c2=S)ccc1OCc1cccc(Cl)c1. The van der Waals surface area contributed by atoms with E-state index in [-0.39, 0.29) is 0 Å². The molecule has 0 aliphatic heterocycles. The molecule has 4 rings (SSSR count). The fourth-order valence-corrected chi connectivity index (χ4v) is 3.15. The quantitative estimate of drug-likeness (QED) is 0.310. The molecule has 30 heavy (non-hydrogen) atoms. The van der Waals surface area contributed by atoms with Crippen molar-refractivity contribution >= 4 is 30.0 Å². The third kappa shape index (κ3) is 4.45. The Kier molecular flexibility index (Phi) is 5.97. The molecule has 0 bridgehead atoms. The molecule has 0 amide bonds. The molecule has 2 aromatic carbocycles. The number of ether oxygens (including phenoxy) is 2. The molecule has 0 saturated carbocycles. The van der Waals surface area contributed by atoms with Crippen LogP contribution in [0.1, 0.15) is 11.1 Å². The Hall–Kier alpha value is -3.36. The highest BCUT2D eigenvalue weighted by Gasteiger charge is 2.11. The lowest BCUT2D eigenvalue weighted by Gasteiger charge is -2.11. The van der Waals surface area contributed by atoms with Crippen molar-refractivity contribution in [2.45, 2.75) is 6.61 Å². The zero-order chi connectivity index (χ0) is 20.9. The zero-order valence-electron chi connectivity index (χ0n) is 15.9. The van der Waals surface area contributed by atoms with Crippen LogP contribution >= 0.6 is 23.8 Å². The molecule has 0 saturated heterocycles. The summed E-state index contributed by atoms with van der Waals surface area (Å²) in [6, 6.07) is 16.6. The summed E-state index contributed by atoms with van der Waals surface area (Å²) in [7, 11) is 1.59. The number of aromatic nitrogens is 3. The van der Waals surface area contributed by atoms with Crippen molar-refractivity contribution in [2.24, 2.45) is 5.10 Å². The Morgan fingerprint density at radius 2 is 2.10 bits per heavy atom. The second-order valence-corrected chi connectivity index (χ2v) is 7.04. The van der Waals surface area contributed by atoms with E-state index in [1.165, 1.54) is 4.68 Å². The van der Waals surface area contributed by atoms with E-state index in [9.17, 15) is 0 Å². The molecule has 0 unspecified atom stereocenters. The van der Waals surface area contributed by atoms with Crippen LogP contribution in [0.2, 0.25) is 5.02 Å². The van der Waals surface area contributed by atoms with Gasteiger partial charge in [0.2, 0.25) is 10.6 Å². The molecule has 0 radical (unpaired) electrons. The van der Waals surface area contributed by atoms with Gasteiger partial charge in [0.05, 0.1) is 19.6 Å². The summed E-state index contributed by atoms with van der Waals surface area (Å²) in [5.41, 5.74) is 1.77. The van der Waals surface area contributed by atoms with E-state index >= 15 is 0 Å². The van der Waals surface area contributed by atoms with E-state index in [2.05, 4.69) is 15.3 Å². The van der Waals surface area contributed by atoms with Gasteiger partial charge in [-0.2, -0.15) is 9.78 Å². The maximum absolute atomic E-state index is 6.02. The minimum Gasteiger partial charge on any atom is -0.493 e. The maximum atomic E-state index is 6.02. The number of benzene rings is 2. The van der Waals surface area contributed by atoms with Gasteiger partial charge in [-0.1, -0.05) is 23.7 Å². The largest absolute Gasteiger partial charge is 0.493 e. The van der Waals surface area contributed by atoms with Crippen LogP contribution in [0.5, 0.6) is 11.5 Å². The minimum absolute atomic E-state index is 0.353. The summed E-state index contributed by atoms with van der Waals surface area (Å²) < 4.78 is 18.6. The van der Waals surface area contributed by atoms with E-state index < -0.39 is 0 Å². The summed E-state index contributed by atoms with van der Waals surface area (Å²) in [4.78, 5) is 0. The number of methoxy groups -OCH3 is 1. The number of halogens is 1. The number of rotatable bonds is 7. The highest BCUT2D eigenvalue weighted by atomic mass is 35.5. The van der Waals surface area contributed by atoms with Gasteiger partial charge in [-0.05, 0) is 65.8 Å². The molecule has 1 N–H and O–H groups in total. The average Bonchev–Trinajstić information content (AvgIpc) is 3.41. The first-order valence-corrected chi connectivity index (χ1v) is 9.73. The van der Waals surface area contributed by atoms with Crippen LogP contribution in [0.15, 0.2) is 70.4 Å². The van der Waals surface area contributed by atoms with Crippen LogP contribution in [-0.2, 0) is 6.61 Å². The van der Waals surface area contributed by atoms with Crippen molar-refractivity contribution in [3.05, 3.63) is 81.8 Å². The smallest absolute Gasteiger partial charge is 0.219 e. The summed E-state index contributed by atoms with van der Waals surface area (Å²) in [6.07, 6.45) is 3.22. The van der Waals surface area contributed by atoms with Crippen LogP contribution in [0, 0.1) is 4.77 Å². The lowest BCUT2D eigenvalue weighted by molar-refractivity contribution is 0.284. The van der Waals surface area contributed by atoms with Crippen LogP contribution < -0.4 is 9.47 Å². The zero-order valence-corrected chi connectivity index (χ0v) is 17.5. The molecule has 2 aromatic heterocycles. The molecule has 0 atom stereocenters. The fourth-order valence-electron chi connectivity index (χ4n) is 2.76. The van der Waals surface area contributed by atoms with Crippen molar-refractivity contribution in [3.8, 4) is 23.1 Å². The Morgan fingerprint density at radius 1 is 1.20 bits per heavy atom. The van der Waals surface area contributed by atoms with Crippen molar-refractivity contribution in [3.63, 3.8) is 0 Å². The van der Waals surface area contributed by atoms with Crippen LogP contribution in [0.3, 0.4) is 0 Å². The van der Waals surface area contributed by atoms with Gasteiger partial charge in [-0.25, -0.2) is 5.10 Å². The molecule has 0 aliphatic rings. The van der Waals surface area contributed by atoms with Crippen LogP contribution in [0.4, 0.5) is 0 Å². The highest BCUT2D eigenvalue weighted by Crippen LogP contribution is 2.28. The number of H-pyrrole nitrogens is 1. The maximum Gasteiger partial charge on any atom is 0.219 e. The summed E-state index contributed by atoms with van der Waals surface area (Å²) >= 11 is 11.3. The molecular formula is C21H17ClN4O3S. The van der Waals surface area contributed by atoms with Gasteiger partial charge >= 0.3 is 0 Å². The number of aromatic amines is 1. The third-order valence-electron chi connectivity index (χ3n) is 4.19. The predicted molar refractivity (Wildman–Crippen MR) is 117 cm³/mol. The highest BCUT2D eigenvalue weighted by molar-refractivity contribution is 7.71. The van der Waals surface area contributed by atoms with Gasteiger partial charge in [-0.3, -0.25) is 0 Å². The first-order chi connectivity index (χ1) is 14.6. The second-order valence-electron chi connectivity index (χ2n) is 6.21. The number of hydrogen-bond donors (Lipinski definition) is 1. The Bertz CT molecular complexity index is 1230. The fraction of sp³-hybridized carbons (Fsp3) is 0.0952. The second kappa shape index (κ2) is 8.98. The van der Waals surface area contributed by atoms with Crippen molar-refractivity contribution in [2.75, 3.05) is 7.11 Å². The van der Waals surface area contributed by atoms with Crippen LogP contribution in [0.25, 0.3) is 11.6 Å². The number of furan rings is 1. The molecular weight excluding hydrogens is 424 g/mol. The minimum atomic E-state index is 0.353. The summed E-state index contributed by atoms with van der Waals surface area (Å²) in [5, 5.41) is 12.0. The molecule has 4 aromatic rings. The van der Waals surface area contributed by atoms with Crippen LogP contribution in [-0.4, -0.2) is 28.2 Å². The molecule has 0 fully saturated rings. The lowest BCUT2D eigenvalue weighted by Crippen LogP contribution is -1.99. The normalized spacial score (nSPS) is 11.1. The monoisotopic (exact) mass is 440 g/mol. The molecule has 0 aliphatic carbocycles. The first-order valence-electron chi connectivity index (χ1n) is 8.95. The van der Waals surface area contributed by atoms with Gasteiger partial charge < -0.3 is 13.9 Å². The summed E-state index contributed by atoms with van der Waals surface area (Å²) in [5.74, 6) is 2.24. The van der Waals surface area contributed by atoms with E-state index in [1.54, 1.807) is 31.7 Å². The number of nitrogens with zero attached hydrogens (tertiary/aromatic N) is 3. The lowest BCUT2D eigenvalue weighted by atomic mass is 10.2. The summed E-state index contributed by atoms with van der Waals surface area (Å²) in [6.45, 7) is 0.376. The van der Waals surface area contributed by atoms with Gasteiger partial charge in [-0.15, -0.1) is 5.10 Å². The van der Waals surface area contributed by atoms with Crippen molar-refractivity contribution in [1.29, 1.82) is 0 Å². The molecule has 2 heterocycles. The van der Waals surface area contributed by atoms with E-state index in [4.69, 9.17) is 37.7 Å². The van der Waals surface area contributed by atoms with E-state index in [0.717, 1.165) is 11.1 Å². The Morgan fingerprint density at radius 3 is 2.87 bits per heavy atom. The molecule has 7 nitrogen and oxygen atoms in total. The van der Waals surface area contributed by atoms with Gasteiger partial charge in [0.1, 0.15) is 6.61 Å². The van der Waals surface area contributed by atoms with Gasteiger partial charge in [0.25, 0.3) is 0 Å². The topological polar surface area (TPSA) is 77.6 Å². The molecule has 0 spiro atoms. The Labute approximate surface area is 182 Å². The third-order valence-corrected chi connectivity index (χ3v) is 4.68. The van der Waals surface area contributed by atoms with Crippen molar-refractivity contribution < 1.29 is 13.9 Å². The first kappa shape index (κ1) is 19.9. The van der Waals surface area contributed by atoms with E-state index in [1.807, 2.05) is 42.5 Å². The van der Waals surface area contributed by atoms with Gasteiger partial charge in [0, 0.05) is 5.02 Å². The predicted octanol–water partition coefficient (Wildman–Crippen LogP) is 5.32. The average molecular weight is 441 g/mol. The van der Waals surface area contributed by atoms with Gasteiger partial charge in [0.15, 0.2) is 17.3 Å². The molecule has 9 heteroatoms. The number of nitrogens with one attached hydrogen (secondary N) is 1. The standard InChI is InChI=1S/C21H17ClN4O3S/c1-27-19-11-14(7-8-17(19)29-13-15-4-2-5-16(22)10-15)12-23-26-20(24-25-21(26)30)18-6-3-9-28-18/h2-12H,13H2,1H3,(H,25,30)/b23-12-. The Balaban J connectivity index is 1.54. The number of hydrogen-bond acceptors (Lipinski definition) is 6. The van der Waals surface area contributed by atoms with Crippen molar-refractivity contribution in [1.82, 2.24) is 14.9 Å². The molecule has 152 valence electrons.